The molecular formula is C16H13BrO2. The van der Waals surface area contributed by atoms with Gasteiger partial charge in [0.2, 0.25) is 0 Å². The van der Waals surface area contributed by atoms with E-state index in [1.807, 2.05) is 30.3 Å². The molecule has 0 unspecified atom stereocenters. The van der Waals surface area contributed by atoms with Gasteiger partial charge in [-0.2, -0.15) is 0 Å². The normalized spacial score (nSPS) is 9.95. The molecule has 0 atom stereocenters. The number of esters is 1. The Kier molecular flexibility index (Phi) is 4.53. The van der Waals surface area contributed by atoms with Crippen LogP contribution in [-0.2, 0) is 4.74 Å². The number of halogens is 1. The maximum Gasteiger partial charge on any atom is 0.338 e. The Morgan fingerprint density at radius 2 is 1.63 bits per heavy atom. The highest BCUT2D eigenvalue weighted by Gasteiger charge is 2.07. The van der Waals surface area contributed by atoms with E-state index < -0.39 is 0 Å². The van der Waals surface area contributed by atoms with Crippen molar-refractivity contribution < 1.29 is 9.53 Å². The van der Waals surface area contributed by atoms with Crippen LogP contribution in [0, 0.1) is 0 Å². The van der Waals surface area contributed by atoms with Crippen LogP contribution >= 0.6 is 15.9 Å². The van der Waals surface area contributed by atoms with E-state index in [-0.39, 0.29) is 12.6 Å². The number of carbonyl (C=O) groups excluding carboxylic acids is 1. The molecule has 0 saturated carbocycles. The Morgan fingerprint density at radius 3 is 2.26 bits per heavy atom. The minimum Gasteiger partial charge on any atom is -0.457 e. The first-order chi connectivity index (χ1) is 9.16. The highest BCUT2D eigenvalue weighted by molar-refractivity contribution is 9.10. The summed E-state index contributed by atoms with van der Waals surface area (Å²) in [6.07, 6.45) is 0. The van der Waals surface area contributed by atoms with Gasteiger partial charge in [-0.15, -0.1) is 0 Å². The zero-order valence-corrected chi connectivity index (χ0v) is 11.9. The average Bonchev–Trinajstić information content (AvgIpc) is 2.46. The molecule has 2 aromatic rings. The predicted octanol–water partition coefficient (Wildman–Crippen LogP) is 4.32. The molecule has 0 fully saturated rings. The first-order valence-corrected chi connectivity index (χ1v) is 6.62. The van der Waals surface area contributed by atoms with Gasteiger partial charge in [0.15, 0.2) is 0 Å². The van der Waals surface area contributed by atoms with Gasteiger partial charge >= 0.3 is 5.97 Å². The molecule has 0 aliphatic heterocycles. The minimum absolute atomic E-state index is 0.190. The summed E-state index contributed by atoms with van der Waals surface area (Å²) in [5.74, 6) is -0.334. The van der Waals surface area contributed by atoms with Gasteiger partial charge in [-0.25, -0.2) is 4.79 Å². The summed E-state index contributed by atoms with van der Waals surface area (Å²) >= 11 is 3.37. The van der Waals surface area contributed by atoms with E-state index in [1.54, 1.807) is 24.3 Å². The molecule has 2 rings (SSSR count). The molecule has 0 heterocycles. The molecule has 96 valence electrons. The van der Waals surface area contributed by atoms with Crippen LogP contribution in [0.15, 0.2) is 65.6 Å². The third kappa shape index (κ3) is 3.80. The van der Waals surface area contributed by atoms with Gasteiger partial charge in [0, 0.05) is 4.47 Å². The Labute approximate surface area is 120 Å². The monoisotopic (exact) mass is 316 g/mol. The summed E-state index contributed by atoms with van der Waals surface area (Å²) < 4.78 is 6.23. The van der Waals surface area contributed by atoms with Gasteiger partial charge < -0.3 is 4.74 Å². The second kappa shape index (κ2) is 6.34. The molecule has 0 spiro atoms. The lowest BCUT2D eigenvalue weighted by Crippen LogP contribution is -2.07. The highest BCUT2D eigenvalue weighted by atomic mass is 79.9. The lowest BCUT2D eigenvalue weighted by atomic mass is 10.1. The van der Waals surface area contributed by atoms with E-state index in [0.29, 0.717) is 5.56 Å². The summed E-state index contributed by atoms with van der Waals surface area (Å²) in [6.45, 7) is 4.12. The SMILES string of the molecule is C=C(COC(=O)c1ccccc1)c1ccc(Br)cc1. The van der Waals surface area contributed by atoms with Crippen LogP contribution in [0.25, 0.3) is 5.57 Å². The first kappa shape index (κ1) is 13.6. The maximum atomic E-state index is 11.8. The number of benzene rings is 2. The van der Waals surface area contributed by atoms with E-state index in [2.05, 4.69) is 22.5 Å². The van der Waals surface area contributed by atoms with E-state index >= 15 is 0 Å². The van der Waals surface area contributed by atoms with Crippen molar-refractivity contribution >= 4 is 27.5 Å². The molecule has 0 saturated heterocycles. The second-order valence-corrected chi connectivity index (χ2v) is 4.97. The van der Waals surface area contributed by atoms with Gasteiger partial charge in [-0.3, -0.25) is 0 Å². The maximum absolute atomic E-state index is 11.8. The Balaban J connectivity index is 1.94. The van der Waals surface area contributed by atoms with Crippen molar-refractivity contribution in [2.45, 2.75) is 0 Å². The molecule has 2 nitrogen and oxygen atoms in total. The van der Waals surface area contributed by atoms with Gasteiger partial charge in [-0.1, -0.05) is 52.8 Å². The van der Waals surface area contributed by atoms with Crippen molar-refractivity contribution in [3.63, 3.8) is 0 Å². The van der Waals surface area contributed by atoms with Crippen molar-refractivity contribution in [3.05, 3.63) is 76.8 Å². The van der Waals surface area contributed by atoms with Crippen molar-refractivity contribution in [2.75, 3.05) is 6.61 Å². The minimum atomic E-state index is -0.334. The Morgan fingerprint density at radius 1 is 1.00 bits per heavy atom. The van der Waals surface area contributed by atoms with E-state index in [0.717, 1.165) is 15.6 Å². The molecule has 0 aromatic heterocycles. The third-order valence-electron chi connectivity index (χ3n) is 2.64. The molecule has 0 bridgehead atoms. The smallest absolute Gasteiger partial charge is 0.338 e. The average molecular weight is 317 g/mol. The fourth-order valence-electron chi connectivity index (χ4n) is 1.58. The van der Waals surface area contributed by atoms with Gasteiger partial charge in [0.1, 0.15) is 6.61 Å². The molecule has 19 heavy (non-hydrogen) atoms. The molecular weight excluding hydrogens is 304 g/mol. The van der Waals surface area contributed by atoms with Gasteiger partial charge in [-0.05, 0) is 35.4 Å². The molecule has 0 aliphatic rings. The lowest BCUT2D eigenvalue weighted by molar-refractivity contribution is 0.0557. The number of hydrogen-bond acceptors (Lipinski definition) is 2. The van der Waals surface area contributed by atoms with Gasteiger partial charge in [0.25, 0.3) is 0 Å². The zero-order valence-electron chi connectivity index (χ0n) is 10.3. The fraction of sp³-hybridized carbons (Fsp3) is 0.0625. The lowest BCUT2D eigenvalue weighted by Gasteiger charge is -2.08. The van der Waals surface area contributed by atoms with Crippen LogP contribution in [0.2, 0.25) is 0 Å². The molecule has 0 radical (unpaired) electrons. The standard InChI is InChI=1S/C16H13BrO2/c1-12(13-7-9-15(17)10-8-13)11-19-16(18)14-5-3-2-4-6-14/h2-10H,1,11H2. The molecule has 0 aliphatic carbocycles. The summed E-state index contributed by atoms with van der Waals surface area (Å²) in [5, 5.41) is 0. The number of rotatable bonds is 4. The van der Waals surface area contributed by atoms with Crippen molar-refractivity contribution in [2.24, 2.45) is 0 Å². The predicted molar refractivity (Wildman–Crippen MR) is 79.9 cm³/mol. The summed E-state index contributed by atoms with van der Waals surface area (Å²) in [4.78, 5) is 11.8. The Hall–Kier alpha value is -1.87. The fourth-order valence-corrected chi connectivity index (χ4v) is 1.84. The van der Waals surface area contributed by atoms with E-state index in [4.69, 9.17) is 4.74 Å². The number of carbonyl (C=O) groups is 1. The quantitative estimate of drug-likeness (QED) is 0.785. The van der Waals surface area contributed by atoms with Crippen LogP contribution in [0.4, 0.5) is 0 Å². The topological polar surface area (TPSA) is 26.3 Å². The van der Waals surface area contributed by atoms with Crippen molar-refractivity contribution in [1.82, 2.24) is 0 Å². The summed E-state index contributed by atoms with van der Waals surface area (Å²) in [5.41, 5.74) is 2.28. The van der Waals surface area contributed by atoms with Crippen molar-refractivity contribution in [3.8, 4) is 0 Å². The van der Waals surface area contributed by atoms with E-state index in [9.17, 15) is 4.79 Å². The van der Waals surface area contributed by atoms with Gasteiger partial charge in [0.05, 0.1) is 5.56 Å². The molecule has 3 heteroatoms. The second-order valence-electron chi connectivity index (χ2n) is 4.05. The van der Waals surface area contributed by atoms with Crippen LogP contribution in [0.3, 0.4) is 0 Å². The molecule has 2 aromatic carbocycles. The molecule has 0 N–H and O–H groups in total. The van der Waals surface area contributed by atoms with Crippen molar-refractivity contribution in [1.29, 1.82) is 0 Å². The first-order valence-electron chi connectivity index (χ1n) is 5.83. The molecule has 0 amide bonds. The van der Waals surface area contributed by atoms with E-state index in [1.165, 1.54) is 0 Å². The largest absolute Gasteiger partial charge is 0.457 e. The number of ether oxygens (including phenoxy) is 1. The summed E-state index contributed by atoms with van der Waals surface area (Å²) in [6, 6.07) is 16.7. The van der Waals surface area contributed by atoms with Crippen LogP contribution in [0.5, 0.6) is 0 Å². The van der Waals surface area contributed by atoms with Crippen LogP contribution in [-0.4, -0.2) is 12.6 Å². The zero-order chi connectivity index (χ0) is 13.7. The summed E-state index contributed by atoms with van der Waals surface area (Å²) in [7, 11) is 0. The highest BCUT2D eigenvalue weighted by Crippen LogP contribution is 2.17. The third-order valence-corrected chi connectivity index (χ3v) is 3.17. The number of hydrogen-bond donors (Lipinski definition) is 0. The van der Waals surface area contributed by atoms with Crippen LogP contribution < -0.4 is 0 Å². The van der Waals surface area contributed by atoms with Crippen LogP contribution in [0.1, 0.15) is 15.9 Å². The Bertz CT molecular complexity index is 573.